The van der Waals surface area contributed by atoms with Gasteiger partial charge in [0, 0.05) is 5.92 Å². The van der Waals surface area contributed by atoms with Gasteiger partial charge in [0.05, 0.1) is 0 Å². The quantitative estimate of drug-likeness (QED) is 0.608. The third kappa shape index (κ3) is 1.29. The first-order chi connectivity index (χ1) is 5.47. The SMILES string of the molecule is C1=CC[C@@H](c2nn[nH]n2)CC1. The molecule has 4 heteroatoms. The van der Waals surface area contributed by atoms with E-state index in [9.17, 15) is 0 Å². The van der Waals surface area contributed by atoms with Crippen molar-refractivity contribution in [1.82, 2.24) is 20.6 Å². The van der Waals surface area contributed by atoms with Crippen molar-refractivity contribution in [3.63, 3.8) is 0 Å². The van der Waals surface area contributed by atoms with Crippen LogP contribution in [0.25, 0.3) is 0 Å². The Morgan fingerprint density at radius 1 is 1.45 bits per heavy atom. The lowest BCUT2D eigenvalue weighted by Crippen LogP contribution is -2.02. The fraction of sp³-hybridized carbons (Fsp3) is 0.571. The summed E-state index contributed by atoms with van der Waals surface area (Å²) in [5, 5.41) is 13.9. The molecule has 1 heterocycles. The minimum atomic E-state index is 0.485. The molecule has 0 aliphatic heterocycles. The van der Waals surface area contributed by atoms with Crippen molar-refractivity contribution in [3.05, 3.63) is 18.0 Å². The molecule has 0 saturated carbocycles. The number of nitrogens with one attached hydrogen (secondary N) is 1. The lowest BCUT2D eigenvalue weighted by Gasteiger charge is -2.12. The van der Waals surface area contributed by atoms with E-state index in [0.29, 0.717) is 5.92 Å². The van der Waals surface area contributed by atoms with E-state index in [0.717, 1.165) is 25.1 Å². The molecule has 4 nitrogen and oxygen atoms in total. The molecule has 2 rings (SSSR count). The van der Waals surface area contributed by atoms with Gasteiger partial charge in [-0.15, -0.1) is 10.2 Å². The van der Waals surface area contributed by atoms with Gasteiger partial charge >= 0.3 is 0 Å². The summed E-state index contributed by atoms with van der Waals surface area (Å²) in [5.41, 5.74) is 0. The van der Waals surface area contributed by atoms with Crippen LogP contribution in [-0.4, -0.2) is 20.6 Å². The van der Waals surface area contributed by atoms with Gasteiger partial charge in [-0.05, 0) is 19.3 Å². The van der Waals surface area contributed by atoms with Crippen LogP contribution < -0.4 is 0 Å². The molecular formula is C7H10N4. The van der Waals surface area contributed by atoms with Gasteiger partial charge in [0.25, 0.3) is 0 Å². The highest BCUT2D eigenvalue weighted by molar-refractivity contribution is 5.01. The van der Waals surface area contributed by atoms with E-state index in [1.807, 2.05) is 0 Å². The number of H-pyrrole nitrogens is 1. The topological polar surface area (TPSA) is 54.5 Å². The van der Waals surface area contributed by atoms with Crippen molar-refractivity contribution in [1.29, 1.82) is 0 Å². The second-order valence-corrected chi connectivity index (χ2v) is 2.75. The Labute approximate surface area is 64.7 Å². The van der Waals surface area contributed by atoms with Crippen LogP contribution in [0.1, 0.15) is 31.0 Å². The Bertz CT molecular complexity index is 239. The number of aromatic nitrogens is 4. The zero-order valence-corrected chi connectivity index (χ0v) is 6.20. The minimum absolute atomic E-state index is 0.485. The molecule has 0 saturated heterocycles. The van der Waals surface area contributed by atoms with Gasteiger partial charge in [-0.25, -0.2) is 0 Å². The smallest absolute Gasteiger partial charge is 0.177 e. The second kappa shape index (κ2) is 2.82. The first kappa shape index (κ1) is 6.52. The zero-order chi connectivity index (χ0) is 7.52. The van der Waals surface area contributed by atoms with Gasteiger partial charge in [-0.1, -0.05) is 17.4 Å². The summed E-state index contributed by atoms with van der Waals surface area (Å²) in [6.45, 7) is 0. The van der Waals surface area contributed by atoms with E-state index in [1.54, 1.807) is 0 Å². The third-order valence-electron chi connectivity index (χ3n) is 2.00. The van der Waals surface area contributed by atoms with Gasteiger partial charge in [0.15, 0.2) is 5.82 Å². The van der Waals surface area contributed by atoms with Crippen LogP contribution in [0, 0.1) is 0 Å². The highest BCUT2D eigenvalue weighted by Crippen LogP contribution is 2.25. The van der Waals surface area contributed by atoms with Crippen molar-refractivity contribution >= 4 is 0 Å². The van der Waals surface area contributed by atoms with E-state index in [4.69, 9.17) is 0 Å². The Morgan fingerprint density at radius 3 is 3.09 bits per heavy atom. The van der Waals surface area contributed by atoms with E-state index < -0.39 is 0 Å². The van der Waals surface area contributed by atoms with Crippen LogP contribution in [0.15, 0.2) is 12.2 Å². The number of nitrogens with zero attached hydrogens (tertiary/aromatic N) is 3. The first-order valence-corrected chi connectivity index (χ1v) is 3.85. The van der Waals surface area contributed by atoms with Crippen LogP contribution in [-0.2, 0) is 0 Å². The standard InChI is InChI=1S/C7H10N4/c1-2-4-6(5-3-1)7-8-10-11-9-7/h1-2,6H,3-5H2,(H,8,9,10,11)/t6-/m1/s1. The lowest BCUT2D eigenvalue weighted by molar-refractivity contribution is 0.583. The molecule has 1 atom stereocenters. The Kier molecular flexibility index (Phi) is 1.67. The molecule has 1 aromatic heterocycles. The van der Waals surface area contributed by atoms with Crippen molar-refractivity contribution in [2.75, 3.05) is 0 Å². The maximum absolute atomic E-state index is 3.96. The van der Waals surface area contributed by atoms with Gasteiger partial charge in [0.1, 0.15) is 0 Å². The summed E-state index contributed by atoms with van der Waals surface area (Å²) in [4.78, 5) is 0. The molecule has 0 aromatic carbocycles. The van der Waals surface area contributed by atoms with E-state index in [-0.39, 0.29) is 0 Å². The number of rotatable bonds is 1. The van der Waals surface area contributed by atoms with E-state index >= 15 is 0 Å². The Hall–Kier alpha value is -1.19. The molecule has 0 unspecified atom stereocenters. The molecule has 0 bridgehead atoms. The molecule has 0 spiro atoms. The van der Waals surface area contributed by atoms with Gasteiger partial charge in [0.2, 0.25) is 0 Å². The molecule has 1 aromatic rings. The molecule has 1 aliphatic carbocycles. The zero-order valence-electron chi connectivity index (χ0n) is 6.20. The van der Waals surface area contributed by atoms with Crippen LogP contribution in [0.5, 0.6) is 0 Å². The largest absolute Gasteiger partial charge is 0.177 e. The average molecular weight is 150 g/mol. The summed E-state index contributed by atoms with van der Waals surface area (Å²) >= 11 is 0. The molecule has 1 N–H and O–H groups in total. The second-order valence-electron chi connectivity index (χ2n) is 2.75. The minimum Gasteiger partial charge on any atom is -0.177 e. The number of aromatic amines is 1. The predicted molar refractivity (Wildman–Crippen MR) is 39.9 cm³/mol. The maximum Gasteiger partial charge on any atom is 0.177 e. The molecule has 0 amide bonds. The van der Waals surface area contributed by atoms with Gasteiger partial charge in [-0.2, -0.15) is 5.21 Å². The molecule has 0 fully saturated rings. The summed E-state index contributed by atoms with van der Waals surface area (Å²) in [6, 6.07) is 0. The average Bonchev–Trinajstić information content (AvgIpc) is 2.58. The van der Waals surface area contributed by atoms with Gasteiger partial charge < -0.3 is 0 Å². The Morgan fingerprint density at radius 2 is 2.45 bits per heavy atom. The van der Waals surface area contributed by atoms with E-state index in [2.05, 4.69) is 32.8 Å². The summed E-state index contributed by atoms with van der Waals surface area (Å²) < 4.78 is 0. The van der Waals surface area contributed by atoms with Crippen molar-refractivity contribution in [2.45, 2.75) is 25.2 Å². The third-order valence-corrected chi connectivity index (χ3v) is 2.00. The van der Waals surface area contributed by atoms with Gasteiger partial charge in [-0.3, -0.25) is 0 Å². The Balaban J connectivity index is 2.11. The number of hydrogen-bond donors (Lipinski definition) is 1. The van der Waals surface area contributed by atoms with Crippen LogP contribution in [0.4, 0.5) is 0 Å². The number of allylic oxidation sites excluding steroid dienone is 2. The molecular weight excluding hydrogens is 140 g/mol. The normalized spacial score (nSPS) is 23.8. The number of hydrogen-bond acceptors (Lipinski definition) is 3. The fourth-order valence-corrected chi connectivity index (χ4v) is 1.37. The molecule has 58 valence electrons. The van der Waals surface area contributed by atoms with Crippen LogP contribution >= 0.6 is 0 Å². The highest BCUT2D eigenvalue weighted by Gasteiger charge is 2.15. The predicted octanol–water partition coefficient (Wildman–Crippen LogP) is 1.02. The monoisotopic (exact) mass is 150 g/mol. The van der Waals surface area contributed by atoms with Crippen molar-refractivity contribution < 1.29 is 0 Å². The van der Waals surface area contributed by atoms with Crippen molar-refractivity contribution in [2.24, 2.45) is 0 Å². The molecule has 0 radical (unpaired) electrons. The summed E-state index contributed by atoms with van der Waals surface area (Å²) in [7, 11) is 0. The summed E-state index contributed by atoms with van der Waals surface area (Å²) in [6.07, 6.45) is 7.73. The fourth-order valence-electron chi connectivity index (χ4n) is 1.37. The summed E-state index contributed by atoms with van der Waals surface area (Å²) in [5.74, 6) is 1.34. The molecule has 11 heavy (non-hydrogen) atoms. The van der Waals surface area contributed by atoms with Crippen LogP contribution in [0.3, 0.4) is 0 Å². The maximum atomic E-state index is 3.96. The van der Waals surface area contributed by atoms with Crippen molar-refractivity contribution in [3.8, 4) is 0 Å². The van der Waals surface area contributed by atoms with E-state index in [1.165, 1.54) is 0 Å². The highest BCUT2D eigenvalue weighted by atomic mass is 15.5. The number of tetrazole rings is 1. The molecule has 1 aliphatic rings. The lowest BCUT2D eigenvalue weighted by atomic mass is 9.94. The first-order valence-electron chi connectivity index (χ1n) is 3.85. The van der Waals surface area contributed by atoms with Crippen LogP contribution in [0.2, 0.25) is 0 Å².